The minimum atomic E-state index is -3.90. The zero-order valence-electron chi connectivity index (χ0n) is 14.3. The van der Waals surface area contributed by atoms with Gasteiger partial charge in [0.15, 0.2) is 0 Å². The Morgan fingerprint density at radius 3 is 2.50 bits per heavy atom. The third-order valence-electron chi connectivity index (χ3n) is 3.67. The zero-order valence-corrected chi connectivity index (χ0v) is 15.1. The van der Waals surface area contributed by atoms with Crippen LogP contribution in [0.25, 0.3) is 0 Å². The number of amides is 1. The van der Waals surface area contributed by atoms with Crippen LogP contribution in [0.5, 0.6) is 0 Å². The molecule has 0 spiro atoms. The van der Waals surface area contributed by atoms with Crippen LogP contribution in [-0.2, 0) is 22.7 Å². The highest BCUT2D eigenvalue weighted by atomic mass is 32.2. The Hall–Kier alpha value is -2.22. The summed E-state index contributed by atoms with van der Waals surface area (Å²) in [5, 5.41) is 6.23. The number of hydrogen-bond acceptors (Lipinski definition) is 5. The highest BCUT2D eigenvalue weighted by Gasteiger charge is 2.29. The summed E-state index contributed by atoms with van der Waals surface area (Å²) in [5.74, 6) is 0.311. The fraction of sp³-hybridized carbons (Fsp3) is 0.438. The van der Waals surface area contributed by atoms with Crippen LogP contribution in [0.4, 0.5) is 4.79 Å². The van der Waals surface area contributed by atoms with Crippen molar-refractivity contribution in [3.8, 4) is 0 Å². The molecule has 0 bridgehead atoms. The van der Waals surface area contributed by atoms with Crippen molar-refractivity contribution < 1.29 is 13.2 Å². The zero-order chi connectivity index (χ0) is 17.9. The van der Waals surface area contributed by atoms with Crippen LogP contribution >= 0.6 is 0 Å². The number of carbonyl (C=O) groups is 1. The molecule has 0 saturated heterocycles. The van der Waals surface area contributed by atoms with Gasteiger partial charge < -0.3 is 5.32 Å². The maximum atomic E-state index is 13.0. The van der Waals surface area contributed by atoms with E-state index in [0.29, 0.717) is 36.3 Å². The van der Waals surface area contributed by atoms with E-state index in [4.69, 9.17) is 0 Å². The second-order valence-corrected chi connectivity index (χ2v) is 7.11. The summed E-state index contributed by atoms with van der Waals surface area (Å²) >= 11 is 0. The fourth-order valence-electron chi connectivity index (χ4n) is 2.52. The fourth-order valence-corrected chi connectivity index (χ4v) is 4.17. The molecule has 0 fully saturated rings. The molecule has 1 aromatic heterocycles. The first kappa shape index (κ1) is 18.1. The summed E-state index contributed by atoms with van der Waals surface area (Å²) in [7, 11) is -3.90. The molecule has 1 N–H and O–H groups in total. The molecule has 0 aliphatic heterocycles. The van der Waals surface area contributed by atoms with Crippen LogP contribution in [0, 0.1) is 6.92 Å². The highest BCUT2D eigenvalue weighted by molar-refractivity contribution is 7.91. The maximum Gasteiger partial charge on any atom is 0.343 e. The van der Waals surface area contributed by atoms with Gasteiger partial charge in [-0.05, 0) is 31.4 Å². The standard InChI is InChI=1S/C16H22N4O3S/c1-5-12-10-8-9-11(4)14(12)24(22,23)15-18-13(6-2)20(19-15)16(21)17-7-3/h8-10H,5-7H2,1-4H3,(H,17,21). The second kappa shape index (κ2) is 7.12. The minimum absolute atomic E-state index is 0.225. The summed E-state index contributed by atoms with van der Waals surface area (Å²) in [6.07, 6.45) is 0.974. The second-order valence-electron chi connectivity index (χ2n) is 5.33. The van der Waals surface area contributed by atoms with Crippen LogP contribution < -0.4 is 5.32 Å². The quantitative estimate of drug-likeness (QED) is 0.891. The first-order chi connectivity index (χ1) is 11.4. The van der Waals surface area contributed by atoms with E-state index in [9.17, 15) is 13.2 Å². The van der Waals surface area contributed by atoms with Crippen molar-refractivity contribution in [1.82, 2.24) is 20.1 Å². The molecule has 1 heterocycles. The van der Waals surface area contributed by atoms with Crippen molar-refractivity contribution in [3.63, 3.8) is 0 Å². The Morgan fingerprint density at radius 2 is 1.92 bits per heavy atom. The van der Waals surface area contributed by atoms with E-state index in [0.717, 1.165) is 4.68 Å². The van der Waals surface area contributed by atoms with Gasteiger partial charge in [0, 0.05) is 13.0 Å². The number of rotatable bonds is 5. The van der Waals surface area contributed by atoms with Gasteiger partial charge in [-0.15, -0.1) is 5.10 Å². The van der Waals surface area contributed by atoms with Gasteiger partial charge in [0.2, 0.25) is 9.84 Å². The molecule has 8 heteroatoms. The minimum Gasteiger partial charge on any atom is -0.336 e. The molecule has 0 aliphatic carbocycles. The van der Waals surface area contributed by atoms with Gasteiger partial charge in [-0.1, -0.05) is 32.0 Å². The molecular weight excluding hydrogens is 328 g/mol. The molecule has 1 aromatic carbocycles. The molecular formula is C16H22N4O3S. The number of aryl methyl sites for hydroxylation is 3. The first-order valence-corrected chi connectivity index (χ1v) is 9.42. The van der Waals surface area contributed by atoms with Crippen molar-refractivity contribution >= 4 is 15.9 Å². The van der Waals surface area contributed by atoms with Gasteiger partial charge in [0.05, 0.1) is 4.90 Å². The SMILES string of the molecule is CCNC(=O)n1nc(S(=O)(=O)c2c(C)cccc2CC)nc1CC. The van der Waals surface area contributed by atoms with Crippen molar-refractivity contribution in [2.24, 2.45) is 0 Å². The smallest absolute Gasteiger partial charge is 0.336 e. The normalized spacial score (nSPS) is 11.5. The Bertz CT molecular complexity index is 856. The van der Waals surface area contributed by atoms with E-state index in [1.54, 1.807) is 32.9 Å². The third-order valence-corrected chi connectivity index (χ3v) is 5.45. The number of carbonyl (C=O) groups excluding carboxylic acids is 1. The van der Waals surface area contributed by atoms with Crippen LogP contribution in [0.3, 0.4) is 0 Å². The van der Waals surface area contributed by atoms with Crippen LogP contribution in [0.2, 0.25) is 0 Å². The molecule has 0 aliphatic rings. The van der Waals surface area contributed by atoms with Gasteiger partial charge in [-0.2, -0.15) is 4.68 Å². The molecule has 24 heavy (non-hydrogen) atoms. The monoisotopic (exact) mass is 350 g/mol. The summed E-state index contributed by atoms with van der Waals surface area (Å²) < 4.78 is 27.1. The first-order valence-electron chi connectivity index (χ1n) is 7.94. The van der Waals surface area contributed by atoms with Gasteiger partial charge in [0.25, 0.3) is 5.16 Å². The number of nitrogens with zero attached hydrogens (tertiary/aromatic N) is 3. The third kappa shape index (κ3) is 3.19. The maximum absolute atomic E-state index is 13.0. The summed E-state index contributed by atoms with van der Waals surface area (Å²) in [6, 6.07) is 4.86. The number of aromatic nitrogens is 3. The van der Waals surface area contributed by atoms with E-state index in [1.165, 1.54) is 0 Å². The van der Waals surface area contributed by atoms with Gasteiger partial charge in [-0.25, -0.2) is 18.2 Å². The van der Waals surface area contributed by atoms with Crippen molar-refractivity contribution in [2.45, 2.75) is 50.6 Å². The Kier molecular flexibility index (Phi) is 5.38. The van der Waals surface area contributed by atoms with Gasteiger partial charge in [-0.3, -0.25) is 0 Å². The summed E-state index contributed by atoms with van der Waals surface area (Å²) in [6.45, 7) is 7.63. The number of hydrogen-bond donors (Lipinski definition) is 1. The lowest BCUT2D eigenvalue weighted by atomic mass is 10.1. The van der Waals surface area contributed by atoms with Crippen LogP contribution in [0.15, 0.2) is 28.3 Å². The highest BCUT2D eigenvalue weighted by Crippen LogP contribution is 2.26. The molecule has 7 nitrogen and oxygen atoms in total. The van der Waals surface area contributed by atoms with Crippen LogP contribution in [-0.4, -0.2) is 35.8 Å². The van der Waals surface area contributed by atoms with E-state index in [1.807, 2.05) is 13.0 Å². The summed E-state index contributed by atoms with van der Waals surface area (Å²) in [5.41, 5.74) is 1.35. The van der Waals surface area contributed by atoms with Crippen molar-refractivity contribution in [1.29, 1.82) is 0 Å². The molecule has 0 saturated carbocycles. The lowest BCUT2D eigenvalue weighted by Gasteiger charge is -2.09. The largest absolute Gasteiger partial charge is 0.343 e. The lowest BCUT2D eigenvalue weighted by Crippen LogP contribution is -2.30. The molecule has 2 rings (SSSR count). The Labute approximate surface area is 142 Å². The number of benzene rings is 1. The molecule has 0 unspecified atom stereocenters. The average molecular weight is 350 g/mol. The molecule has 130 valence electrons. The van der Waals surface area contributed by atoms with E-state index in [-0.39, 0.29) is 10.1 Å². The number of sulfone groups is 1. The van der Waals surface area contributed by atoms with Crippen molar-refractivity contribution in [3.05, 3.63) is 35.2 Å². The topological polar surface area (TPSA) is 94.0 Å². The predicted molar refractivity (Wildman–Crippen MR) is 89.9 cm³/mol. The number of nitrogens with one attached hydrogen (secondary N) is 1. The summed E-state index contributed by atoms with van der Waals surface area (Å²) in [4.78, 5) is 16.4. The van der Waals surface area contributed by atoms with E-state index >= 15 is 0 Å². The van der Waals surface area contributed by atoms with E-state index < -0.39 is 15.9 Å². The molecule has 1 amide bonds. The molecule has 2 aromatic rings. The Balaban J connectivity index is 2.62. The average Bonchev–Trinajstić information content (AvgIpc) is 2.99. The van der Waals surface area contributed by atoms with E-state index in [2.05, 4.69) is 15.4 Å². The Morgan fingerprint density at radius 1 is 1.21 bits per heavy atom. The van der Waals surface area contributed by atoms with Gasteiger partial charge in [0.1, 0.15) is 5.82 Å². The molecule has 0 radical (unpaired) electrons. The van der Waals surface area contributed by atoms with Crippen molar-refractivity contribution in [2.75, 3.05) is 6.54 Å². The lowest BCUT2D eigenvalue weighted by molar-refractivity contribution is 0.239. The van der Waals surface area contributed by atoms with Gasteiger partial charge >= 0.3 is 6.03 Å². The molecule has 0 atom stereocenters. The predicted octanol–water partition coefficient (Wildman–Crippen LogP) is 2.12. The van der Waals surface area contributed by atoms with Crippen LogP contribution in [0.1, 0.15) is 37.7 Å².